The lowest BCUT2D eigenvalue weighted by Gasteiger charge is -2.34. The molecule has 2 N–H and O–H groups in total. The van der Waals surface area contributed by atoms with Crippen LogP contribution in [-0.4, -0.2) is 40.4 Å². The second-order valence-electron chi connectivity index (χ2n) is 8.44. The largest absolute Gasteiger partial charge is 0.496 e. The standard InChI is InChI=1S/C24H26N2O5/c1-14(2)24(23(29)30)19-18(20(25-24)16-11-7-8-12-17(16)31-3)21(27)26(22(19)28)13-15-9-5-4-6-10-15/h4-12,14,18-20,25H,13H2,1-3H3,(H,29,30). The Morgan fingerprint density at radius 2 is 1.74 bits per heavy atom. The van der Waals surface area contributed by atoms with Gasteiger partial charge in [-0.25, -0.2) is 0 Å². The number of nitrogens with zero attached hydrogens (tertiary/aromatic N) is 1. The van der Waals surface area contributed by atoms with E-state index in [0.717, 1.165) is 5.56 Å². The molecule has 2 aromatic carbocycles. The number of hydrogen-bond donors (Lipinski definition) is 2. The van der Waals surface area contributed by atoms with E-state index in [1.807, 2.05) is 48.5 Å². The number of para-hydroxylation sites is 1. The molecule has 31 heavy (non-hydrogen) atoms. The SMILES string of the molecule is COc1ccccc1C1NC(C(=O)O)(C(C)C)C2C(=O)N(Cc3ccccc3)C(=O)C12. The molecule has 0 saturated carbocycles. The number of likely N-dealkylation sites (tertiary alicyclic amines) is 1. The average molecular weight is 422 g/mol. The quantitative estimate of drug-likeness (QED) is 0.695. The van der Waals surface area contributed by atoms with Crippen LogP contribution in [0.3, 0.4) is 0 Å². The minimum atomic E-state index is -1.56. The van der Waals surface area contributed by atoms with Gasteiger partial charge in [0.1, 0.15) is 11.3 Å². The Balaban J connectivity index is 1.83. The van der Waals surface area contributed by atoms with E-state index in [1.165, 1.54) is 12.0 Å². The van der Waals surface area contributed by atoms with Crippen LogP contribution in [0.4, 0.5) is 0 Å². The zero-order valence-electron chi connectivity index (χ0n) is 17.7. The summed E-state index contributed by atoms with van der Waals surface area (Å²) < 4.78 is 5.48. The fourth-order valence-corrected chi connectivity index (χ4v) is 5.09. The third kappa shape index (κ3) is 3.11. The Hall–Kier alpha value is -3.19. The number of ether oxygens (including phenoxy) is 1. The molecule has 2 saturated heterocycles. The molecule has 4 unspecified atom stereocenters. The fourth-order valence-electron chi connectivity index (χ4n) is 5.09. The lowest BCUT2D eigenvalue weighted by molar-refractivity contribution is -0.154. The summed E-state index contributed by atoms with van der Waals surface area (Å²) in [7, 11) is 1.53. The molecule has 2 heterocycles. The Kier molecular flexibility index (Phi) is 5.31. The normalized spacial score (nSPS) is 27.6. The van der Waals surface area contributed by atoms with Gasteiger partial charge in [-0.05, 0) is 17.5 Å². The predicted molar refractivity (Wildman–Crippen MR) is 113 cm³/mol. The van der Waals surface area contributed by atoms with E-state index in [0.29, 0.717) is 11.3 Å². The van der Waals surface area contributed by atoms with E-state index in [2.05, 4.69) is 5.32 Å². The van der Waals surface area contributed by atoms with Gasteiger partial charge >= 0.3 is 5.97 Å². The van der Waals surface area contributed by atoms with Crippen LogP contribution in [0, 0.1) is 17.8 Å². The van der Waals surface area contributed by atoms with E-state index in [1.54, 1.807) is 19.9 Å². The monoisotopic (exact) mass is 422 g/mol. The van der Waals surface area contributed by atoms with Crippen molar-refractivity contribution < 1.29 is 24.2 Å². The molecule has 0 bridgehead atoms. The van der Waals surface area contributed by atoms with Gasteiger partial charge in [0.2, 0.25) is 11.8 Å². The van der Waals surface area contributed by atoms with Crippen molar-refractivity contribution >= 4 is 17.8 Å². The molecule has 2 aliphatic heterocycles. The number of carbonyl (C=O) groups excluding carboxylic acids is 2. The van der Waals surface area contributed by atoms with Crippen molar-refractivity contribution in [3.8, 4) is 5.75 Å². The van der Waals surface area contributed by atoms with Crippen LogP contribution in [0.5, 0.6) is 5.75 Å². The highest BCUT2D eigenvalue weighted by molar-refractivity contribution is 6.09. The average Bonchev–Trinajstić information content (AvgIpc) is 3.25. The molecule has 0 radical (unpaired) electrons. The molecule has 4 atom stereocenters. The number of methoxy groups -OCH3 is 1. The Morgan fingerprint density at radius 1 is 1.10 bits per heavy atom. The number of aliphatic carboxylic acids is 1. The van der Waals surface area contributed by atoms with E-state index in [-0.39, 0.29) is 12.5 Å². The number of carboxylic acids is 1. The number of carbonyl (C=O) groups is 3. The van der Waals surface area contributed by atoms with Crippen molar-refractivity contribution in [1.29, 1.82) is 0 Å². The summed E-state index contributed by atoms with van der Waals surface area (Å²) in [4.78, 5) is 40.9. The molecular weight excluding hydrogens is 396 g/mol. The fraction of sp³-hybridized carbons (Fsp3) is 0.375. The first-order valence-corrected chi connectivity index (χ1v) is 10.4. The molecule has 7 heteroatoms. The molecule has 4 rings (SSSR count). The molecule has 0 spiro atoms. The number of rotatable bonds is 6. The van der Waals surface area contributed by atoms with Gasteiger partial charge in [0.15, 0.2) is 0 Å². The second-order valence-corrected chi connectivity index (χ2v) is 8.44. The van der Waals surface area contributed by atoms with Crippen LogP contribution in [0.15, 0.2) is 54.6 Å². The Morgan fingerprint density at radius 3 is 2.35 bits per heavy atom. The number of hydrogen-bond acceptors (Lipinski definition) is 5. The van der Waals surface area contributed by atoms with Crippen molar-refractivity contribution in [2.24, 2.45) is 17.8 Å². The summed E-state index contributed by atoms with van der Waals surface area (Å²) >= 11 is 0. The molecule has 7 nitrogen and oxygen atoms in total. The van der Waals surface area contributed by atoms with Gasteiger partial charge in [0, 0.05) is 11.6 Å². The van der Waals surface area contributed by atoms with Gasteiger partial charge in [-0.2, -0.15) is 0 Å². The molecule has 2 aliphatic rings. The minimum absolute atomic E-state index is 0.123. The van der Waals surface area contributed by atoms with Crippen LogP contribution < -0.4 is 10.1 Å². The Labute approximate surface area is 181 Å². The molecule has 2 aromatic rings. The molecule has 2 amide bonds. The first-order chi connectivity index (χ1) is 14.8. The summed E-state index contributed by atoms with van der Waals surface area (Å²) in [5.41, 5.74) is -0.0723. The molecule has 162 valence electrons. The van der Waals surface area contributed by atoms with Gasteiger partial charge in [0.25, 0.3) is 0 Å². The van der Waals surface area contributed by atoms with Gasteiger partial charge in [-0.3, -0.25) is 24.6 Å². The predicted octanol–water partition coefficient (Wildman–Crippen LogP) is 2.62. The van der Waals surface area contributed by atoms with Crippen molar-refractivity contribution in [2.45, 2.75) is 32.0 Å². The van der Waals surface area contributed by atoms with Crippen LogP contribution in [0.1, 0.15) is 31.0 Å². The summed E-state index contributed by atoms with van der Waals surface area (Å²) in [5, 5.41) is 13.5. The maximum absolute atomic E-state index is 13.5. The van der Waals surface area contributed by atoms with Crippen molar-refractivity contribution in [3.63, 3.8) is 0 Å². The van der Waals surface area contributed by atoms with E-state index in [4.69, 9.17) is 4.74 Å². The third-order valence-electron chi connectivity index (χ3n) is 6.61. The molecule has 2 fully saturated rings. The minimum Gasteiger partial charge on any atom is -0.496 e. The number of benzene rings is 2. The maximum Gasteiger partial charge on any atom is 0.325 e. The summed E-state index contributed by atoms with van der Waals surface area (Å²) in [6.45, 7) is 3.65. The highest BCUT2D eigenvalue weighted by Gasteiger charge is 2.69. The van der Waals surface area contributed by atoms with E-state index < -0.39 is 41.2 Å². The van der Waals surface area contributed by atoms with E-state index in [9.17, 15) is 19.5 Å². The number of imide groups is 1. The summed E-state index contributed by atoms with van der Waals surface area (Å²) in [5.74, 6) is -3.64. The topological polar surface area (TPSA) is 95.9 Å². The van der Waals surface area contributed by atoms with E-state index >= 15 is 0 Å². The lowest BCUT2D eigenvalue weighted by atomic mass is 9.73. The number of amides is 2. The van der Waals surface area contributed by atoms with Crippen molar-refractivity contribution in [2.75, 3.05) is 7.11 Å². The van der Waals surface area contributed by atoms with Crippen molar-refractivity contribution in [1.82, 2.24) is 10.2 Å². The Bertz CT molecular complexity index is 1020. The van der Waals surface area contributed by atoms with Gasteiger partial charge in [-0.1, -0.05) is 62.4 Å². The summed E-state index contributed by atoms with van der Waals surface area (Å²) in [6, 6.07) is 15.8. The van der Waals surface area contributed by atoms with Crippen LogP contribution in [0.25, 0.3) is 0 Å². The summed E-state index contributed by atoms with van der Waals surface area (Å²) in [6.07, 6.45) is 0. The van der Waals surface area contributed by atoms with Gasteiger partial charge in [-0.15, -0.1) is 0 Å². The van der Waals surface area contributed by atoms with Crippen LogP contribution in [-0.2, 0) is 20.9 Å². The zero-order chi connectivity index (χ0) is 22.3. The lowest BCUT2D eigenvalue weighted by Crippen LogP contribution is -2.59. The zero-order valence-corrected chi connectivity index (χ0v) is 17.7. The van der Waals surface area contributed by atoms with Crippen LogP contribution in [0.2, 0.25) is 0 Å². The van der Waals surface area contributed by atoms with Crippen LogP contribution >= 0.6 is 0 Å². The molecule has 0 aromatic heterocycles. The first kappa shape index (κ1) is 21.1. The number of nitrogens with one attached hydrogen (secondary N) is 1. The van der Waals surface area contributed by atoms with Gasteiger partial charge < -0.3 is 9.84 Å². The molecular formula is C24H26N2O5. The van der Waals surface area contributed by atoms with Crippen molar-refractivity contribution in [3.05, 3.63) is 65.7 Å². The third-order valence-corrected chi connectivity index (χ3v) is 6.61. The highest BCUT2D eigenvalue weighted by Crippen LogP contribution is 2.52. The number of fused-ring (bicyclic) bond motifs is 1. The maximum atomic E-state index is 13.5. The molecule has 0 aliphatic carbocycles. The number of carboxylic acid groups (broad SMARTS) is 1. The second kappa shape index (κ2) is 7.81. The smallest absolute Gasteiger partial charge is 0.325 e. The van der Waals surface area contributed by atoms with Gasteiger partial charge in [0.05, 0.1) is 25.5 Å². The highest BCUT2D eigenvalue weighted by atomic mass is 16.5. The first-order valence-electron chi connectivity index (χ1n) is 10.4.